The smallest absolute Gasteiger partial charge is 0.317 e. The van der Waals surface area contributed by atoms with E-state index in [2.05, 4.69) is 44.1 Å². The number of aliphatic hydroxyl groups is 2. The number of urea groups is 1. The third kappa shape index (κ3) is 7.59. The standard InChI is InChI=1S/C43H72N4O6/c1-5-34-39-37(53-43(34)18-13-29(2)28-52-43)26-36-33-12-11-30-25-31(14-16-41(30,3)35(33)15-17-42(36,39)4)45-40(51)47(32-9-7-6-8-10-32)20-19-44-38(50)27-46(21-23-48)22-24-49/h5,29-37,39,48-49H,1,6-28H2,2-4H3,(H,44,50)(H,45,51)/t29-,30+,31+,33+,34-,35?,36-,37-,39?,41-,42-,43+/m0/s1. The van der Waals surface area contributed by atoms with Gasteiger partial charge in [0.25, 0.3) is 0 Å². The molecule has 0 aromatic heterocycles. The first-order valence-corrected chi connectivity index (χ1v) is 21.8. The zero-order chi connectivity index (χ0) is 37.4. The summed E-state index contributed by atoms with van der Waals surface area (Å²) in [6, 6.07) is 0.437. The van der Waals surface area contributed by atoms with E-state index < -0.39 is 5.79 Å². The number of nitrogens with zero attached hydrogens (tertiary/aromatic N) is 2. The second kappa shape index (κ2) is 16.4. The van der Waals surface area contributed by atoms with Gasteiger partial charge in [-0.1, -0.05) is 46.1 Å². The van der Waals surface area contributed by atoms with E-state index in [1.807, 2.05) is 4.90 Å². The lowest BCUT2D eigenvalue weighted by Gasteiger charge is -2.61. The molecule has 2 aliphatic heterocycles. The van der Waals surface area contributed by atoms with E-state index >= 15 is 0 Å². The second-order valence-electron chi connectivity index (χ2n) is 19.1. The molecule has 5 saturated carbocycles. The van der Waals surface area contributed by atoms with Crippen LogP contribution in [-0.2, 0) is 14.3 Å². The molecule has 53 heavy (non-hydrogen) atoms. The quantitative estimate of drug-likeness (QED) is 0.189. The van der Waals surface area contributed by atoms with Crippen LogP contribution in [0.1, 0.15) is 117 Å². The van der Waals surface area contributed by atoms with Crippen molar-refractivity contribution in [3.8, 4) is 0 Å². The molecular weight excluding hydrogens is 668 g/mol. The summed E-state index contributed by atoms with van der Waals surface area (Å²) in [5.74, 6) is 3.61. The summed E-state index contributed by atoms with van der Waals surface area (Å²) in [5.41, 5.74) is 0.592. The van der Waals surface area contributed by atoms with Crippen molar-refractivity contribution >= 4 is 11.9 Å². The number of rotatable bonds is 12. The van der Waals surface area contributed by atoms with Crippen molar-refractivity contribution in [3.05, 3.63) is 12.7 Å². The predicted molar refractivity (Wildman–Crippen MR) is 206 cm³/mol. The predicted octanol–water partition coefficient (Wildman–Crippen LogP) is 5.71. The average molecular weight is 741 g/mol. The van der Waals surface area contributed by atoms with Gasteiger partial charge in [0, 0.05) is 56.5 Å². The first kappa shape index (κ1) is 39.5. The van der Waals surface area contributed by atoms with Gasteiger partial charge in [-0.15, -0.1) is 6.58 Å². The molecule has 7 aliphatic rings. The molecule has 2 heterocycles. The number of nitrogens with one attached hydrogen (secondary N) is 2. The molecule has 10 heteroatoms. The number of amides is 3. The fourth-order valence-corrected chi connectivity index (χ4v) is 13.6. The van der Waals surface area contributed by atoms with E-state index in [9.17, 15) is 19.8 Å². The first-order chi connectivity index (χ1) is 25.5. The van der Waals surface area contributed by atoms with Crippen LogP contribution in [0.4, 0.5) is 4.79 Å². The van der Waals surface area contributed by atoms with Gasteiger partial charge in [0.1, 0.15) is 0 Å². The first-order valence-electron chi connectivity index (χ1n) is 21.8. The van der Waals surface area contributed by atoms with Gasteiger partial charge < -0.3 is 35.2 Å². The Morgan fingerprint density at radius 2 is 1.64 bits per heavy atom. The monoisotopic (exact) mass is 741 g/mol. The third-order valence-corrected chi connectivity index (χ3v) is 16.3. The molecule has 2 saturated heterocycles. The maximum Gasteiger partial charge on any atom is 0.317 e. The Hall–Kier alpha value is -1.72. The Kier molecular flexibility index (Phi) is 12.2. The Bertz CT molecular complexity index is 1280. The third-order valence-electron chi connectivity index (χ3n) is 16.3. The van der Waals surface area contributed by atoms with E-state index in [0.29, 0.717) is 55.3 Å². The van der Waals surface area contributed by atoms with Gasteiger partial charge in [-0.2, -0.15) is 0 Å². The highest BCUT2D eigenvalue weighted by atomic mass is 16.7. The van der Waals surface area contributed by atoms with E-state index in [1.165, 1.54) is 51.4 Å². The van der Waals surface area contributed by atoms with Gasteiger partial charge in [0.15, 0.2) is 5.79 Å². The Morgan fingerprint density at radius 3 is 2.34 bits per heavy atom. The van der Waals surface area contributed by atoms with Crippen molar-refractivity contribution in [2.75, 3.05) is 52.5 Å². The number of hydrogen-bond donors (Lipinski definition) is 4. The van der Waals surface area contributed by atoms with Crippen molar-refractivity contribution in [3.63, 3.8) is 0 Å². The summed E-state index contributed by atoms with van der Waals surface area (Å²) in [5, 5.41) is 25.1. The van der Waals surface area contributed by atoms with Crippen LogP contribution in [0.3, 0.4) is 0 Å². The fraction of sp³-hybridized carbons (Fsp3) is 0.907. The highest BCUT2D eigenvalue weighted by Gasteiger charge is 2.69. The fourth-order valence-electron chi connectivity index (χ4n) is 13.6. The van der Waals surface area contributed by atoms with Crippen LogP contribution < -0.4 is 10.6 Å². The van der Waals surface area contributed by atoms with Crippen LogP contribution in [-0.4, -0.2) is 108 Å². The van der Waals surface area contributed by atoms with Gasteiger partial charge >= 0.3 is 6.03 Å². The molecule has 12 atom stereocenters. The normalized spacial score (nSPS) is 42.3. The molecular formula is C43H72N4O6. The Morgan fingerprint density at radius 1 is 0.887 bits per heavy atom. The summed E-state index contributed by atoms with van der Waals surface area (Å²) in [6.45, 7) is 14.3. The minimum Gasteiger partial charge on any atom is -0.395 e. The lowest BCUT2D eigenvalue weighted by Crippen LogP contribution is -2.57. The van der Waals surface area contributed by atoms with Crippen LogP contribution in [0.25, 0.3) is 0 Å². The number of carbonyl (C=O) groups excluding carboxylic acids is 2. The molecule has 3 amide bonds. The van der Waals surface area contributed by atoms with Gasteiger partial charge in [0.05, 0.1) is 32.5 Å². The Labute approximate surface area is 319 Å². The summed E-state index contributed by atoms with van der Waals surface area (Å²) >= 11 is 0. The number of carbonyl (C=O) groups is 2. The zero-order valence-corrected chi connectivity index (χ0v) is 33.2. The van der Waals surface area contributed by atoms with E-state index in [-0.39, 0.29) is 61.2 Å². The average Bonchev–Trinajstić information content (AvgIpc) is 3.61. The van der Waals surface area contributed by atoms with Crippen molar-refractivity contribution in [1.82, 2.24) is 20.4 Å². The van der Waals surface area contributed by atoms with Gasteiger partial charge in [-0.3, -0.25) is 9.69 Å². The van der Waals surface area contributed by atoms with Crippen molar-refractivity contribution < 1.29 is 29.3 Å². The highest BCUT2D eigenvalue weighted by Crippen LogP contribution is 2.71. The number of hydrogen-bond acceptors (Lipinski definition) is 7. The molecule has 300 valence electrons. The highest BCUT2D eigenvalue weighted by molar-refractivity contribution is 5.78. The van der Waals surface area contributed by atoms with Crippen molar-refractivity contribution in [1.29, 1.82) is 0 Å². The lowest BCUT2D eigenvalue weighted by molar-refractivity contribution is -0.269. The number of ether oxygens (including phenoxy) is 2. The molecule has 7 rings (SSSR count). The van der Waals surface area contributed by atoms with Crippen LogP contribution in [0.2, 0.25) is 0 Å². The zero-order valence-electron chi connectivity index (χ0n) is 33.2. The lowest BCUT2D eigenvalue weighted by atomic mass is 9.44. The van der Waals surface area contributed by atoms with Crippen LogP contribution in [0.5, 0.6) is 0 Å². The molecule has 4 N–H and O–H groups in total. The molecule has 0 aromatic rings. The number of aliphatic hydroxyl groups excluding tert-OH is 2. The van der Waals surface area contributed by atoms with E-state index in [0.717, 1.165) is 63.4 Å². The molecule has 0 bridgehead atoms. The molecule has 0 radical (unpaired) electrons. The van der Waals surface area contributed by atoms with E-state index in [4.69, 9.17) is 9.47 Å². The molecule has 1 spiro atoms. The van der Waals surface area contributed by atoms with Crippen molar-refractivity contribution in [2.24, 2.45) is 52.3 Å². The molecule has 7 fully saturated rings. The van der Waals surface area contributed by atoms with Crippen LogP contribution in [0, 0.1) is 52.3 Å². The molecule has 0 aromatic carbocycles. The van der Waals surface area contributed by atoms with Crippen LogP contribution in [0.15, 0.2) is 12.7 Å². The van der Waals surface area contributed by atoms with Gasteiger partial charge in [-0.05, 0) is 111 Å². The number of fused-ring (bicyclic) bond motifs is 7. The Balaban J connectivity index is 0.957. The minimum absolute atomic E-state index is 0.0347. The topological polar surface area (TPSA) is 124 Å². The molecule has 10 nitrogen and oxygen atoms in total. The van der Waals surface area contributed by atoms with Crippen LogP contribution >= 0.6 is 0 Å². The van der Waals surface area contributed by atoms with E-state index in [1.54, 1.807) is 4.90 Å². The second-order valence-corrected chi connectivity index (χ2v) is 19.1. The summed E-state index contributed by atoms with van der Waals surface area (Å²) < 4.78 is 13.6. The van der Waals surface area contributed by atoms with Crippen molar-refractivity contribution in [2.45, 2.75) is 141 Å². The summed E-state index contributed by atoms with van der Waals surface area (Å²) in [7, 11) is 0. The minimum atomic E-state index is -0.454. The largest absolute Gasteiger partial charge is 0.395 e. The maximum absolute atomic E-state index is 14.0. The maximum atomic E-state index is 14.0. The summed E-state index contributed by atoms with van der Waals surface area (Å²) in [6.07, 6.45) is 19.8. The summed E-state index contributed by atoms with van der Waals surface area (Å²) in [4.78, 5) is 30.5. The SMILES string of the molecule is C=C[C@H]1C2[C@H](C[C@H]3[C@@H]4CC[C@@H]5C[C@H](NC(=O)N(CCNC(=O)CN(CCO)CCO)C6CCCCC6)CC[C@]5(C)C4CC[C@]23C)O[C@]12CC[C@H](C)CO2. The molecule has 5 aliphatic carbocycles. The van der Waals surface area contributed by atoms with Gasteiger partial charge in [-0.25, -0.2) is 4.79 Å². The van der Waals surface area contributed by atoms with Gasteiger partial charge in [0.2, 0.25) is 5.91 Å². The molecule has 2 unspecified atom stereocenters.